The van der Waals surface area contributed by atoms with Crippen molar-refractivity contribution in [3.8, 4) is 0 Å². The Kier molecular flexibility index (Phi) is 7.09. The molecule has 0 saturated heterocycles. The average Bonchev–Trinajstić information content (AvgIpc) is 3.18. The number of Topliss-reactive ketones (excluding diaryl/α,β-unsaturated/α-hetero) is 1. The maximum Gasteiger partial charge on any atom is 0.329 e. The van der Waals surface area contributed by atoms with Crippen LogP contribution in [0.1, 0.15) is 46.4 Å². The van der Waals surface area contributed by atoms with Gasteiger partial charge in [0, 0.05) is 5.56 Å². The number of benzene rings is 1. The minimum absolute atomic E-state index is 0.162. The number of hydrogen-bond acceptors (Lipinski definition) is 5. The second kappa shape index (κ2) is 9.29. The van der Waals surface area contributed by atoms with Gasteiger partial charge in [0.25, 0.3) is 5.91 Å². The molecule has 0 aliphatic heterocycles. The number of thiophene rings is 1. The summed E-state index contributed by atoms with van der Waals surface area (Å²) in [5, 5.41) is 4.47. The van der Waals surface area contributed by atoms with Crippen molar-refractivity contribution in [2.75, 3.05) is 6.61 Å². The Labute approximate surface area is 157 Å². The number of ether oxygens (including phenoxy) is 1. The van der Waals surface area contributed by atoms with Crippen molar-refractivity contribution in [1.82, 2.24) is 5.32 Å². The normalized spacial score (nSPS) is 11.8. The van der Waals surface area contributed by atoms with Gasteiger partial charge in [0.15, 0.2) is 12.4 Å². The number of ketones is 1. The largest absolute Gasteiger partial charge is 0.456 e. The Hall–Kier alpha value is -2.47. The molecule has 1 amide bonds. The third-order valence-electron chi connectivity index (χ3n) is 3.98. The Morgan fingerprint density at radius 1 is 1.12 bits per heavy atom. The lowest BCUT2D eigenvalue weighted by Crippen LogP contribution is -2.45. The maximum atomic E-state index is 12.3. The van der Waals surface area contributed by atoms with Gasteiger partial charge in [-0.15, -0.1) is 11.3 Å². The predicted octanol–water partition coefficient (Wildman–Crippen LogP) is 3.49. The summed E-state index contributed by atoms with van der Waals surface area (Å²) in [6, 6.07) is 9.87. The van der Waals surface area contributed by atoms with Gasteiger partial charge in [0.1, 0.15) is 6.04 Å². The highest BCUT2D eigenvalue weighted by Crippen LogP contribution is 2.12. The molecule has 1 atom stereocenters. The molecule has 1 heterocycles. The van der Waals surface area contributed by atoms with Gasteiger partial charge in [0.05, 0.1) is 4.88 Å². The maximum absolute atomic E-state index is 12.3. The summed E-state index contributed by atoms with van der Waals surface area (Å²) in [6.07, 6.45) is 0.892. The van der Waals surface area contributed by atoms with E-state index in [1.54, 1.807) is 29.6 Å². The van der Waals surface area contributed by atoms with Crippen molar-refractivity contribution < 1.29 is 19.1 Å². The van der Waals surface area contributed by atoms with Crippen LogP contribution in [0.15, 0.2) is 41.8 Å². The molecule has 0 saturated carbocycles. The van der Waals surface area contributed by atoms with E-state index < -0.39 is 12.0 Å². The van der Waals surface area contributed by atoms with E-state index in [0.29, 0.717) is 10.4 Å². The first-order chi connectivity index (χ1) is 12.4. The van der Waals surface area contributed by atoms with Gasteiger partial charge < -0.3 is 10.1 Å². The molecule has 0 fully saturated rings. The zero-order chi connectivity index (χ0) is 19.1. The van der Waals surface area contributed by atoms with Crippen molar-refractivity contribution in [3.05, 3.63) is 57.8 Å². The molecule has 0 bridgehead atoms. The SMILES string of the molecule is CCc1ccc(C(=O)COC(=O)[C@H](NC(=O)c2cccs2)C(C)C)cc1. The van der Waals surface area contributed by atoms with Gasteiger partial charge in [-0.3, -0.25) is 9.59 Å². The molecular formula is C20H23NO4S. The van der Waals surface area contributed by atoms with Crippen molar-refractivity contribution in [2.24, 2.45) is 5.92 Å². The van der Waals surface area contributed by atoms with Crippen LogP contribution in [-0.4, -0.2) is 30.3 Å². The van der Waals surface area contributed by atoms with Crippen molar-refractivity contribution >= 4 is 29.0 Å². The Balaban J connectivity index is 1.94. The van der Waals surface area contributed by atoms with Gasteiger partial charge in [-0.2, -0.15) is 0 Å². The molecule has 6 heteroatoms. The second-order valence-corrected chi connectivity index (χ2v) is 7.20. The summed E-state index contributed by atoms with van der Waals surface area (Å²) in [5.74, 6) is -1.36. The minimum atomic E-state index is -0.806. The molecule has 0 radical (unpaired) electrons. The summed E-state index contributed by atoms with van der Waals surface area (Å²) in [4.78, 5) is 37.2. The topological polar surface area (TPSA) is 72.5 Å². The average molecular weight is 373 g/mol. The van der Waals surface area contributed by atoms with Gasteiger partial charge in [-0.1, -0.05) is 51.1 Å². The highest BCUT2D eigenvalue weighted by Gasteiger charge is 2.27. The molecule has 2 aromatic rings. The summed E-state index contributed by atoms with van der Waals surface area (Å²) in [5.41, 5.74) is 1.63. The van der Waals surface area contributed by atoms with E-state index in [1.807, 2.05) is 32.9 Å². The van der Waals surface area contributed by atoms with Gasteiger partial charge in [-0.25, -0.2) is 4.79 Å². The van der Waals surface area contributed by atoms with Crippen LogP contribution in [0, 0.1) is 5.92 Å². The van der Waals surface area contributed by atoms with Crippen molar-refractivity contribution in [3.63, 3.8) is 0 Å². The predicted molar refractivity (Wildman–Crippen MR) is 102 cm³/mol. The molecule has 0 unspecified atom stereocenters. The van der Waals surface area contributed by atoms with E-state index in [2.05, 4.69) is 5.32 Å². The van der Waals surface area contributed by atoms with Crippen LogP contribution < -0.4 is 5.32 Å². The fourth-order valence-electron chi connectivity index (χ4n) is 2.35. The molecule has 0 aliphatic carbocycles. The fraction of sp³-hybridized carbons (Fsp3) is 0.350. The van der Waals surface area contributed by atoms with Crippen molar-refractivity contribution in [2.45, 2.75) is 33.2 Å². The highest BCUT2D eigenvalue weighted by molar-refractivity contribution is 7.12. The Morgan fingerprint density at radius 3 is 2.35 bits per heavy atom. The second-order valence-electron chi connectivity index (χ2n) is 6.25. The summed E-state index contributed by atoms with van der Waals surface area (Å²) < 4.78 is 5.16. The number of carbonyl (C=O) groups excluding carboxylic acids is 3. The third kappa shape index (κ3) is 5.26. The number of hydrogen-bond donors (Lipinski definition) is 1. The minimum Gasteiger partial charge on any atom is -0.456 e. The fourth-order valence-corrected chi connectivity index (χ4v) is 2.98. The summed E-state index contributed by atoms with van der Waals surface area (Å²) >= 11 is 1.30. The summed E-state index contributed by atoms with van der Waals surface area (Å²) in [7, 11) is 0. The molecule has 1 N–H and O–H groups in total. The van der Waals surface area contributed by atoms with Crippen LogP contribution in [0.5, 0.6) is 0 Å². The zero-order valence-corrected chi connectivity index (χ0v) is 16.0. The number of nitrogens with one attached hydrogen (secondary N) is 1. The molecule has 0 spiro atoms. The number of esters is 1. The zero-order valence-electron chi connectivity index (χ0n) is 15.2. The molecule has 1 aromatic carbocycles. The lowest BCUT2D eigenvalue weighted by Gasteiger charge is -2.20. The monoisotopic (exact) mass is 373 g/mol. The first-order valence-corrected chi connectivity index (χ1v) is 9.43. The van der Waals surface area contributed by atoms with E-state index in [-0.39, 0.29) is 24.2 Å². The molecular weight excluding hydrogens is 350 g/mol. The van der Waals surface area contributed by atoms with Crippen LogP contribution >= 0.6 is 11.3 Å². The Morgan fingerprint density at radius 2 is 1.81 bits per heavy atom. The third-order valence-corrected chi connectivity index (χ3v) is 4.85. The van der Waals surface area contributed by atoms with Crippen LogP contribution in [0.3, 0.4) is 0 Å². The van der Waals surface area contributed by atoms with Gasteiger partial charge in [0.2, 0.25) is 0 Å². The van der Waals surface area contributed by atoms with Crippen LogP contribution in [0.25, 0.3) is 0 Å². The molecule has 2 rings (SSSR count). The molecule has 138 valence electrons. The highest BCUT2D eigenvalue weighted by atomic mass is 32.1. The number of amides is 1. The van der Waals surface area contributed by atoms with Crippen LogP contribution in [-0.2, 0) is 16.0 Å². The van der Waals surface area contributed by atoms with Crippen LogP contribution in [0.2, 0.25) is 0 Å². The van der Waals surface area contributed by atoms with E-state index >= 15 is 0 Å². The van der Waals surface area contributed by atoms with E-state index in [9.17, 15) is 14.4 Å². The number of carbonyl (C=O) groups is 3. The Bertz CT molecular complexity index is 751. The quantitative estimate of drug-likeness (QED) is 0.568. The van der Waals surface area contributed by atoms with E-state index in [0.717, 1.165) is 12.0 Å². The van der Waals surface area contributed by atoms with Gasteiger partial charge in [-0.05, 0) is 29.3 Å². The lowest BCUT2D eigenvalue weighted by molar-refractivity contribution is -0.145. The number of aryl methyl sites for hydroxylation is 1. The first-order valence-electron chi connectivity index (χ1n) is 8.55. The molecule has 0 aliphatic rings. The van der Waals surface area contributed by atoms with Gasteiger partial charge >= 0.3 is 5.97 Å². The van der Waals surface area contributed by atoms with E-state index in [1.165, 1.54) is 11.3 Å². The summed E-state index contributed by atoms with van der Waals surface area (Å²) in [6.45, 7) is 5.31. The lowest BCUT2D eigenvalue weighted by atomic mass is 10.0. The van der Waals surface area contributed by atoms with E-state index in [4.69, 9.17) is 4.74 Å². The molecule has 26 heavy (non-hydrogen) atoms. The standard InChI is InChI=1S/C20H23NO4S/c1-4-14-7-9-15(10-8-14)16(22)12-25-20(24)18(13(2)3)21-19(23)17-6-5-11-26-17/h5-11,13,18H,4,12H2,1-3H3,(H,21,23)/t18-/m1/s1. The molecule has 5 nitrogen and oxygen atoms in total. The van der Waals surface area contributed by atoms with Crippen molar-refractivity contribution in [1.29, 1.82) is 0 Å². The number of rotatable bonds is 8. The molecule has 1 aromatic heterocycles. The van der Waals surface area contributed by atoms with Crippen LogP contribution in [0.4, 0.5) is 0 Å². The smallest absolute Gasteiger partial charge is 0.329 e. The first kappa shape index (κ1) is 19.8.